The number of rotatable bonds is 4. The van der Waals surface area contributed by atoms with E-state index in [2.05, 4.69) is 20.7 Å². The number of carbonyl (C=O) groups excluding carboxylic acids is 2. The first-order valence-corrected chi connectivity index (χ1v) is 10.2. The summed E-state index contributed by atoms with van der Waals surface area (Å²) < 4.78 is 29.8. The Hall–Kier alpha value is -3.54. The second kappa shape index (κ2) is 8.30. The SMILES string of the molecule is Cn1ncc(NC(=O)c2nc(-c3c(F)cccc3F)sc2N)c1N1CCNC(=O)CC1. The third-order valence-corrected chi connectivity index (χ3v) is 5.71. The molecule has 0 aliphatic carbocycles. The topological polar surface area (TPSA) is 118 Å². The van der Waals surface area contributed by atoms with E-state index in [4.69, 9.17) is 5.73 Å². The van der Waals surface area contributed by atoms with E-state index in [1.54, 1.807) is 11.7 Å². The Bertz CT molecular complexity index is 1140. The van der Waals surface area contributed by atoms with Crippen molar-refractivity contribution in [3.63, 3.8) is 0 Å². The lowest BCUT2D eigenvalue weighted by Gasteiger charge is -2.23. The van der Waals surface area contributed by atoms with Crippen LogP contribution in [-0.4, -0.2) is 46.2 Å². The summed E-state index contributed by atoms with van der Waals surface area (Å²) in [4.78, 5) is 30.5. The molecule has 9 nitrogen and oxygen atoms in total. The third-order valence-electron chi connectivity index (χ3n) is 4.81. The molecule has 1 saturated heterocycles. The largest absolute Gasteiger partial charge is 0.389 e. The number of amides is 2. The minimum Gasteiger partial charge on any atom is -0.389 e. The quantitative estimate of drug-likeness (QED) is 0.563. The number of nitrogens with one attached hydrogen (secondary N) is 2. The average molecular weight is 447 g/mol. The highest BCUT2D eigenvalue weighted by Gasteiger charge is 2.25. The predicted octanol–water partition coefficient (Wildman–Crippen LogP) is 1.98. The van der Waals surface area contributed by atoms with E-state index < -0.39 is 17.5 Å². The molecule has 0 unspecified atom stereocenters. The standard InChI is InChI=1S/C19H19F2N7O2S/c1-27-19(28-7-5-13(29)23-6-8-28)12(9-24-27)25-17(30)15-16(22)31-18(26-15)14-10(20)3-2-4-11(14)21/h2-4,9H,5-8,22H2,1H3,(H,23,29)(H,25,30). The second-order valence-electron chi connectivity index (χ2n) is 6.88. The van der Waals surface area contributed by atoms with Crippen molar-refractivity contribution < 1.29 is 18.4 Å². The zero-order valence-corrected chi connectivity index (χ0v) is 17.3. The first kappa shape index (κ1) is 20.7. The van der Waals surface area contributed by atoms with Gasteiger partial charge in [0, 0.05) is 33.1 Å². The Morgan fingerprint density at radius 2 is 2.03 bits per heavy atom. The number of aryl methyl sites for hydroxylation is 1. The first-order valence-electron chi connectivity index (χ1n) is 9.41. The number of hydrogen-bond donors (Lipinski definition) is 3. The normalized spacial score (nSPS) is 14.3. The summed E-state index contributed by atoms with van der Waals surface area (Å²) in [7, 11) is 1.72. The van der Waals surface area contributed by atoms with Crippen LogP contribution in [0.2, 0.25) is 0 Å². The summed E-state index contributed by atoms with van der Waals surface area (Å²) in [5, 5.41) is 9.71. The van der Waals surface area contributed by atoms with Crippen LogP contribution in [0.4, 0.5) is 25.3 Å². The van der Waals surface area contributed by atoms with E-state index in [-0.39, 0.29) is 27.2 Å². The van der Waals surface area contributed by atoms with E-state index in [0.29, 0.717) is 37.6 Å². The van der Waals surface area contributed by atoms with E-state index in [1.807, 2.05) is 4.90 Å². The van der Waals surface area contributed by atoms with Crippen LogP contribution in [-0.2, 0) is 11.8 Å². The lowest BCUT2D eigenvalue weighted by Crippen LogP contribution is -2.30. The van der Waals surface area contributed by atoms with Gasteiger partial charge < -0.3 is 21.3 Å². The lowest BCUT2D eigenvalue weighted by atomic mass is 10.2. The molecule has 4 N–H and O–H groups in total. The molecule has 0 radical (unpaired) electrons. The van der Waals surface area contributed by atoms with Crippen LogP contribution in [0.5, 0.6) is 0 Å². The summed E-state index contributed by atoms with van der Waals surface area (Å²) in [5.41, 5.74) is 5.87. The van der Waals surface area contributed by atoms with Crippen LogP contribution in [0.1, 0.15) is 16.9 Å². The van der Waals surface area contributed by atoms with Gasteiger partial charge in [0.15, 0.2) is 11.5 Å². The Kier molecular flexibility index (Phi) is 5.55. The molecule has 2 amide bonds. The molecule has 3 aromatic rings. The van der Waals surface area contributed by atoms with Crippen LogP contribution in [0.15, 0.2) is 24.4 Å². The van der Waals surface area contributed by atoms with Gasteiger partial charge >= 0.3 is 0 Å². The minimum atomic E-state index is -0.792. The second-order valence-corrected chi connectivity index (χ2v) is 7.91. The van der Waals surface area contributed by atoms with Crippen molar-refractivity contribution in [2.45, 2.75) is 6.42 Å². The molecule has 1 aromatic carbocycles. The number of nitrogens with two attached hydrogens (primary N) is 1. The molecule has 162 valence electrons. The lowest BCUT2D eigenvalue weighted by molar-refractivity contribution is -0.120. The zero-order valence-electron chi connectivity index (χ0n) is 16.5. The molecule has 0 atom stereocenters. The number of anilines is 3. The van der Waals surface area contributed by atoms with Crippen LogP contribution >= 0.6 is 11.3 Å². The summed E-state index contributed by atoms with van der Waals surface area (Å²) in [6, 6.07) is 3.46. The highest BCUT2D eigenvalue weighted by Crippen LogP contribution is 2.34. The van der Waals surface area contributed by atoms with E-state index in [0.717, 1.165) is 23.5 Å². The molecule has 0 bridgehead atoms. The van der Waals surface area contributed by atoms with E-state index in [9.17, 15) is 18.4 Å². The van der Waals surface area contributed by atoms with E-state index in [1.165, 1.54) is 12.3 Å². The van der Waals surface area contributed by atoms with E-state index >= 15 is 0 Å². The van der Waals surface area contributed by atoms with Gasteiger partial charge in [0.1, 0.15) is 27.3 Å². The Balaban J connectivity index is 1.60. The van der Waals surface area contributed by atoms with Crippen molar-refractivity contribution in [2.75, 3.05) is 35.6 Å². The summed E-state index contributed by atoms with van der Waals surface area (Å²) in [5.74, 6) is -1.63. The van der Waals surface area contributed by atoms with Crippen LogP contribution < -0.4 is 21.3 Å². The number of halogens is 2. The molecule has 1 fully saturated rings. The maximum atomic E-state index is 14.1. The van der Waals surface area contributed by atoms with Gasteiger partial charge in [-0.25, -0.2) is 13.8 Å². The minimum absolute atomic E-state index is 0.0261. The molecule has 2 aromatic heterocycles. The van der Waals surface area contributed by atoms with Crippen LogP contribution in [0.25, 0.3) is 10.6 Å². The molecule has 3 heterocycles. The van der Waals surface area contributed by atoms with Crippen molar-refractivity contribution in [1.82, 2.24) is 20.1 Å². The smallest absolute Gasteiger partial charge is 0.277 e. The molecule has 12 heteroatoms. The number of nitrogen functional groups attached to an aromatic ring is 1. The number of aromatic nitrogens is 3. The number of nitrogens with zero attached hydrogens (tertiary/aromatic N) is 4. The molecule has 31 heavy (non-hydrogen) atoms. The number of hydrogen-bond acceptors (Lipinski definition) is 7. The highest BCUT2D eigenvalue weighted by molar-refractivity contribution is 7.19. The highest BCUT2D eigenvalue weighted by atomic mass is 32.1. The fourth-order valence-electron chi connectivity index (χ4n) is 3.36. The van der Waals surface area contributed by atoms with Gasteiger partial charge in [0.25, 0.3) is 5.91 Å². The number of thiazole rings is 1. The summed E-state index contributed by atoms with van der Waals surface area (Å²) in [6.07, 6.45) is 1.79. The van der Waals surface area contributed by atoms with Crippen molar-refractivity contribution in [1.29, 1.82) is 0 Å². The van der Waals surface area contributed by atoms with Crippen LogP contribution in [0.3, 0.4) is 0 Å². The summed E-state index contributed by atoms with van der Waals surface area (Å²) >= 11 is 0.824. The molecule has 1 aliphatic heterocycles. The van der Waals surface area contributed by atoms with Gasteiger partial charge in [-0.15, -0.1) is 0 Å². The molecule has 0 saturated carbocycles. The summed E-state index contributed by atoms with van der Waals surface area (Å²) in [6.45, 7) is 1.47. The molecule has 1 aliphatic rings. The van der Waals surface area contributed by atoms with Crippen LogP contribution in [0, 0.1) is 11.6 Å². The average Bonchev–Trinajstić information content (AvgIpc) is 3.19. The fraction of sp³-hybridized carbons (Fsp3) is 0.263. The molecule has 0 spiro atoms. The molecule has 4 rings (SSSR count). The fourth-order valence-corrected chi connectivity index (χ4v) is 4.24. The van der Waals surface area contributed by atoms with Gasteiger partial charge in [-0.05, 0) is 12.1 Å². The Morgan fingerprint density at radius 3 is 2.77 bits per heavy atom. The molecular weight excluding hydrogens is 428 g/mol. The third kappa shape index (κ3) is 4.06. The van der Waals surface area contributed by atoms with Crippen molar-refractivity contribution in [3.05, 3.63) is 41.7 Å². The van der Waals surface area contributed by atoms with Gasteiger partial charge in [-0.2, -0.15) is 5.10 Å². The van der Waals surface area contributed by atoms with Gasteiger partial charge in [0.2, 0.25) is 5.91 Å². The number of benzene rings is 1. The zero-order chi connectivity index (χ0) is 22.1. The first-order chi connectivity index (χ1) is 14.8. The van der Waals surface area contributed by atoms with Gasteiger partial charge in [-0.1, -0.05) is 17.4 Å². The Labute approximate surface area is 179 Å². The van der Waals surface area contributed by atoms with Crippen molar-refractivity contribution >= 4 is 39.7 Å². The Morgan fingerprint density at radius 1 is 1.29 bits per heavy atom. The maximum absolute atomic E-state index is 14.1. The van der Waals surface area contributed by atoms with Gasteiger partial charge in [-0.3, -0.25) is 14.3 Å². The number of carbonyl (C=O) groups is 2. The maximum Gasteiger partial charge on any atom is 0.277 e. The monoisotopic (exact) mass is 447 g/mol. The van der Waals surface area contributed by atoms with Crippen molar-refractivity contribution in [3.8, 4) is 10.6 Å². The molecular formula is C19H19F2N7O2S. The van der Waals surface area contributed by atoms with Gasteiger partial charge in [0.05, 0.1) is 11.8 Å². The predicted molar refractivity (Wildman–Crippen MR) is 113 cm³/mol. The van der Waals surface area contributed by atoms with Crippen molar-refractivity contribution in [2.24, 2.45) is 7.05 Å².